The summed E-state index contributed by atoms with van der Waals surface area (Å²) >= 11 is 5.18. The van der Waals surface area contributed by atoms with E-state index < -0.39 is 5.41 Å². The Kier molecular flexibility index (Phi) is 4.92. The maximum absolute atomic E-state index is 12.6. The number of nitrogens with two attached hydrogens (primary N) is 1. The molecular formula is C13H24N2OS. The molecule has 0 aliphatic heterocycles. The van der Waals surface area contributed by atoms with Gasteiger partial charge in [-0.3, -0.25) is 4.79 Å². The van der Waals surface area contributed by atoms with Gasteiger partial charge in [0.05, 0.1) is 10.4 Å². The summed E-state index contributed by atoms with van der Waals surface area (Å²) in [5.74, 6) is 0.124. The third kappa shape index (κ3) is 2.79. The number of carbonyl (C=O) groups is 1. The summed E-state index contributed by atoms with van der Waals surface area (Å²) in [5.41, 5.74) is 5.30. The predicted molar refractivity (Wildman–Crippen MR) is 74.8 cm³/mol. The molecule has 0 bridgehead atoms. The Morgan fingerprint density at radius 1 is 1.41 bits per heavy atom. The summed E-state index contributed by atoms with van der Waals surface area (Å²) in [6, 6.07) is 0.246. The van der Waals surface area contributed by atoms with Gasteiger partial charge < -0.3 is 10.6 Å². The lowest BCUT2D eigenvalue weighted by atomic mass is 9.72. The van der Waals surface area contributed by atoms with Gasteiger partial charge >= 0.3 is 0 Å². The zero-order valence-electron chi connectivity index (χ0n) is 11.2. The standard InChI is InChI=1S/C13H24N2OS/c1-4-10(2)15(3)12(16)13(11(14)17)8-6-5-7-9-13/h10H,4-9H2,1-3H3,(H2,14,17). The highest BCUT2D eigenvalue weighted by molar-refractivity contribution is 7.80. The van der Waals surface area contributed by atoms with Crippen LogP contribution in [0.1, 0.15) is 52.4 Å². The smallest absolute Gasteiger partial charge is 0.235 e. The highest BCUT2D eigenvalue weighted by Crippen LogP contribution is 2.38. The second-order valence-corrected chi connectivity index (χ2v) is 5.62. The first kappa shape index (κ1) is 14.4. The minimum absolute atomic E-state index is 0.124. The molecule has 0 heterocycles. The molecule has 3 nitrogen and oxygen atoms in total. The van der Waals surface area contributed by atoms with E-state index in [1.54, 1.807) is 0 Å². The highest BCUT2D eigenvalue weighted by Gasteiger charge is 2.44. The molecule has 0 spiro atoms. The van der Waals surface area contributed by atoms with Gasteiger partial charge in [-0.2, -0.15) is 0 Å². The topological polar surface area (TPSA) is 46.3 Å². The van der Waals surface area contributed by atoms with Crippen LogP contribution in [-0.2, 0) is 4.79 Å². The molecule has 2 N–H and O–H groups in total. The number of hydrogen-bond acceptors (Lipinski definition) is 2. The average molecular weight is 256 g/mol. The molecule has 0 saturated heterocycles. The molecule has 1 atom stereocenters. The van der Waals surface area contributed by atoms with Crippen LogP contribution in [0.5, 0.6) is 0 Å². The van der Waals surface area contributed by atoms with Gasteiger partial charge in [0.15, 0.2) is 0 Å². The van der Waals surface area contributed by atoms with E-state index in [9.17, 15) is 4.79 Å². The van der Waals surface area contributed by atoms with Crippen molar-refractivity contribution >= 4 is 23.1 Å². The lowest BCUT2D eigenvalue weighted by Gasteiger charge is -2.39. The van der Waals surface area contributed by atoms with Crippen molar-refractivity contribution in [2.45, 2.75) is 58.4 Å². The summed E-state index contributed by atoms with van der Waals surface area (Å²) in [6.07, 6.45) is 5.89. The lowest BCUT2D eigenvalue weighted by Crippen LogP contribution is -2.52. The van der Waals surface area contributed by atoms with E-state index in [0.29, 0.717) is 4.99 Å². The average Bonchev–Trinajstić information content (AvgIpc) is 2.36. The highest BCUT2D eigenvalue weighted by atomic mass is 32.1. The van der Waals surface area contributed by atoms with Crippen LogP contribution in [0.2, 0.25) is 0 Å². The monoisotopic (exact) mass is 256 g/mol. The van der Waals surface area contributed by atoms with Crippen LogP contribution in [0.3, 0.4) is 0 Å². The summed E-state index contributed by atoms with van der Waals surface area (Å²) in [7, 11) is 1.87. The molecule has 1 aliphatic rings. The fraction of sp³-hybridized carbons (Fsp3) is 0.846. The molecule has 17 heavy (non-hydrogen) atoms. The van der Waals surface area contributed by atoms with Crippen molar-refractivity contribution in [2.24, 2.45) is 11.1 Å². The van der Waals surface area contributed by atoms with Crippen molar-refractivity contribution < 1.29 is 4.79 Å². The first-order chi connectivity index (χ1) is 7.95. The van der Waals surface area contributed by atoms with Crippen LogP contribution in [-0.4, -0.2) is 28.9 Å². The summed E-state index contributed by atoms with van der Waals surface area (Å²) in [6.45, 7) is 4.15. The van der Waals surface area contributed by atoms with E-state index in [4.69, 9.17) is 18.0 Å². The molecule has 1 rings (SSSR count). The lowest BCUT2D eigenvalue weighted by molar-refractivity contribution is -0.140. The molecule has 4 heteroatoms. The largest absolute Gasteiger partial charge is 0.392 e. The number of nitrogens with zero attached hydrogens (tertiary/aromatic N) is 1. The van der Waals surface area contributed by atoms with E-state index in [1.165, 1.54) is 6.42 Å². The molecule has 1 aliphatic carbocycles. The number of carbonyl (C=O) groups excluding carboxylic acids is 1. The Labute approximate surface area is 110 Å². The third-order valence-electron chi connectivity index (χ3n) is 4.16. The molecule has 0 aromatic heterocycles. The molecule has 1 unspecified atom stereocenters. The van der Waals surface area contributed by atoms with Crippen molar-refractivity contribution in [1.29, 1.82) is 0 Å². The fourth-order valence-electron chi connectivity index (χ4n) is 2.53. The second-order valence-electron chi connectivity index (χ2n) is 5.18. The van der Waals surface area contributed by atoms with Crippen molar-refractivity contribution in [3.8, 4) is 0 Å². The maximum atomic E-state index is 12.6. The van der Waals surface area contributed by atoms with Crippen LogP contribution < -0.4 is 5.73 Å². The Morgan fingerprint density at radius 2 is 1.94 bits per heavy atom. The van der Waals surface area contributed by atoms with Gasteiger partial charge in [-0.1, -0.05) is 38.4 Å². The number of hydrogen-bond donors (Lipinski definition) is 1. The first-order valence-electron chi connectivity index (χ1n) is 6.53. The number of rotatable bonds is 4. The van der Waals surface area contributed by atoms with Crippen molar-refractivity contribution in [3.05, 3.63) is 0 Å². The van der Waals surface area contributed by atoms with E-state index in [2.05, 4.69) is 13.8 Å². The van der Waals surface area contributed by atoms with E-state index in [-0.39, 0.29) is 11.9 Å². The molecule has 0 radical (unpaired) electrons. The Morgan fingerprint density at radius 3 is 2.35 bits per heavy atom. The summed E-state index contributed by atoms with van der Waals surface area (Å²) < 4.78 is 0. The molecule has 1 saturated carbocycles. The minimum Gasteiger partial charge on any atom is -0.392 e. The SMILES string of the molecule is CCC(C)N(C)C(=O)C1(C(N)=S)CCCCC1. The molecular weight excluding hydrogens is 232 g/mol. The van der Waals surface area contributed by atoms with Crippen LogP contribution in [0.4, 0.5) is 0 Å². The summed E-state index contributed by atoms with van der Waals surface area (Å²) in [4.78, 5) is 14.8. The van der Waals surface area contributed by atoms with Gasteiger partial charge in [-0.05, 0) is 26.2 Å². The van der Waals surface area contributed by atoms with Crippen molar-refractivity contribution in [3.63, 3.8) is 0 Å². The van der Waals surface area contributed by atoms with Crippen molar-refractivity contribution in [1.82, 2.24) is 4.90 Å². The van der Waals surface area contributed by atoms with Gasteiger partial charge in [0.1, 0.15) is 0 Å². The minimum atomic E-state index is -0.564. The van der Waals surface area contributed by atoms with Gasteiger partial charge in [0.25, 0.3) is 0 Å². The molecule has 98 valence electrons. The normalized spacial score (nSPS) is 20.6. The molecule has 0 aromatic rings. The van der Waals surface area contributed by atoms with E-state index >= 15 is 0 Å². The van der Waals surface area contributed by atoms with Crippen LogP contribution in [0.25, 0.3) is 0 Å². The molecule has 0 aromatic carbocycles. The second kappa shape index (κ2) is 5.80. The quantitative estimate of drug-likeness (QED) is 0.786. The van der Waals surface area contributed by atoms with Crippen LogP contribution in [0, 0.1) is 5.41 Å². The Hall–Kier alpha value is -0.640. The zero-order chi connectivity index (χ0) is 13.1. The molecule has 1 amide bonds. The van der Waals surface area contributed by atoms with E-state index in [0.717, 1.165) is 32.1 Å². The van der Waals surface area contributed by atoms with Gasteiger partial charge in [0, 0.05) is 13.1 Å². The third-order valence-corrected chi connectivity index (χ3v) is 4.55. The van der Waals surface area contributed by atoms with Gasteiger partial charge in [-0.25, -0.2) is 0 Å². The van der Waals surface area contributed by atoms with E-state index in [1.807, 2.05) is 11.9 Å². The molecule has 1 fully saturated rings. The van der Waals surface area contributed by atoms with Gasteiger partial charge in [0.2, 0.25) is 5.91 Å². The zero-order valence-corrected chi connectivity index (χ0v) is 12.0. The Balaban J connectivity index is 2.91. The van der Waals surface area contributed by atoms with Crippen LogP contribution in [0.15, 0.2) is 0 Å². The number of amides is 1. The fourth-order valence-corrected chi connectivity index (χ4v) is 2.82. The van der Waals surface area contributed by atoms with Gasteiger partial charge in [-0.15, -0.1) is 0 Å². The predicted octanol–water partition coefficient (Wildman–Crippen LogP) is 2.48. The first-order valence-corrected chi connectivity index (χ1v) is 6.93. The Bertz CT molecular complexity index is 298. The summed E-state index contributed by atoms with van der Waals surface area (Å²) in [5, 5.41) is 0. The van der Waals surface area contributed by atoms with Crippen molar-refractivity contribution in [2.75, 3.05) is 7.05 Å². The number of thiocarbonyl (C=S) groups is 1. The maximum Gasteiger partial charge on any atom is 0.235 e. The van der Waals surface area contributed by atoms with Crippen LogP contribution >= 0.6 is 12.2 Å².